The maximum atomic E-state index is 9.61. The zero-order valence-electron chi connectivity index (χ0n) is 13.8. The number of hydrogen-bond acceptors (Lipinski definition) is 6. The molecule has 2 aromatic carbocycles. The van der Waals surface area contributed by atoms with Crippen molar-refractivity contribution in [3.05, 3.63) is 57.6 Å². The first-order chi connectivity index (χ1) is 12.6. The van der Waals surface area contributed by atoms with Gasteiger partial charge in [0.1, 0.15) is 24.7 Å². The number of oxime groups is 2. The fourth-order valence-corrected chi connectivity index (χ4v) is 2.25. The number of nitrogens with zero attached hydrogens (tertiary/aromatic N) is 2. The van der Waals surface area contributed by atoms with Gasteiger partial charge in [0.2, 0.25) is 0 Å². The molecule has 0 saturated carbocycles. The predicted octanol–water partition coefficient (Wildman–Crippen LogP) is 4.59. The fraction of sp³-hybridized carbons (Fsp3) is 0.222. The van der Waals surface area contributed by atoms with Crippen LogP contribution in [0.3, 0.4) is 0 Å². The van der Waals surface area contributed by atoms with Crippen molar-refractivity contribution in [1.29, 1.82) is 0 Å². The molecular weight excluding hydrogens is 379 g/mol. The summed E-state index contributed by atoms with van der Waals surface area (Å²) in [6.45, 7) is 0.806. The van der Waals surface area contributed by atoms with Gasteiger partial charge in [-0.3, -0.25) is 0 Å². The Kier molecular flexibility index (Phi) is 8.05. The third kappa shape index (κ3) is 6.82. The molecule has 0 unspecified atom stereocenters. The van der Waals surface area contributed by atoms with Gasteiger partial charge in [0.15, 0.2) is 0 Å². The molecule has 0 radical (unpaired) electrons. The number of unbranched alkanes of at least 4 members (excludes halogenated alkanes) is 1. The van der Waals surface area contributed by atoms with Gasteiger partial charge in [-0.1, -0.05) is 33.5 Å². The average Bonchev–Trinajstić information content (AvgIpc) is 2.62. The molecule has 0 heterocycles. The van der Waals surface area contributed by atoms with Crippen LogP contribution in [0.1, 0.15) is 24.0 Å². The predicted molar refractivity (Wildman–Crippen MR) is 103 cm³/mol. The number of phenols is 2. The monoisotopic (exact) mass is 396 g/mol. The zero-order valence-corrected chi connectivity index (χ0v) is 15.3. The van der Waals surface area contributed by atoms with Crippen molar-refractivity contribution in [2.45, 2.75) is 12.8 Å². The van der Waals surface area contributed by atoms with E-state index in [4.69, 9.17) is 32.9 Å². The molecule has 0 atom stereocenters. The molecule has 0 spiro atoms. The number of benzene rings is 2. The van der Waals surface area contributed by atoms with E-state index in [9.17, 15) is 10.2 Å². The molecule has 0 aliphatic heterocycles. The molecule has 138 valence electrons. The van der Waals surface area contributed by atoms with Crippen LogP contribution in [0.25, 0.3) is 0 Å². The van der Waals surface area contributed by atoms with E-state index < -0.39 is 0 Å². The summed E-state index contributed by atoms with van der Waals surface area (Å²) < 4.78 is 0. The first-order valence-corrected chi connectivity index (χ1v) is 8.59. The Bertz CT molecular complexity index is 716. The molecule has 26 heavy (non-hydrogen) atoms. The van der Waals surface area contributed by atoms with Crippen molar-refractivity contribution in [3.63, 3.8) is 0 Å². The lowest BCUT2D eigenvalue weighted by Gasteiger charge is -2.01. The highest BCUT2D eigenvalue weighted by atomic mass is 35.5. The minimum atomic E-state index is 0.0822. The van der Waals surface area contributed by atoms with Gasteiger partial charge in [0.05, 0.1) is 12.4 Å². The second-order valence-electron chi connectivity index (χ2n) is 5.25. The second-order valence-corrected chi connectivity index (χ2v) is 6.12. The molecule has 0 saturated heterocycles. The molecule has 0 fully saturated rings. The lowest BCUT2D eigenvalue weighted by atomic mass is 10.2. The summed E-state index contributed by atoms with van der Waals surface area (Å²) in [5.41, 5.74) is 0.971. The molecule has 8 heteroatoms. The van der Waals surface area contributed by atoms with Crippen LogP contribution in [0.15, 0.2) is 46.7 Å². The van der Waals surface area contributed by atoms with E-state index in [0.717, 1.165) is 12.8 Å². The van der Waals surface area contributed by atoms with E-state index in [2.05, 4.69) is 10.3 Å². The minimum absolute atomic E-state index is 0.0822. The average molecular weight is 397 g/mol. The highest BCUT2D eigenvalue weighted by molar-refractivity contribution is 6.31. The summed E-state index contributed by atoms with van der Waals surface area (Å²) in [4.78, 5) is 10.2. The van der Waals surface area contributed by atoms with Crippen LogP contribution in [0.5, 0.6) is 11.5 Å². The largest absolute Gasteiger partial charge is 0.507 e. The van der Waals surface area contributed by atoms with Gasteiger partial charge in [-0.05, 0) is 49.2 Å². The Hall–Kier alpha value is -2.44. The molecule has 0 amide bonds. The number of phenolic OH excluding ortho intramolecular Hbond substituents is 2. The smallest absolute Gasteiger partial charge is 0.124 e. The topological polar surface area (TPSA) is 83.6 Å². The summed E-state index contributed by atoms with van der Waals surface area (Å²) in [5.74, 6) is 0.164. The standard InChI is InChI=1S/C18H18Cl2N2O4/c19-15-3-5-17(23)13(9-15)11-21-25-7-1-2-8-26-22-12-14-10-16(20)4-6-18(14)24/h3-6,9-12,23-24H,1-2,7-8H2. The normalized spacial score (nSPS) is 11.3. The molecular formula is C18H18Cl2N2O4. The van der Waals surface area contributed by atoms with Gasteiger partial charge in [-0.2, -0.15) is 0 Å². The van der Waals surface area contributed by atoms with Crippen LogP contribution >= 0.6 is 23.2 Å². The minimum Gasteiger partial charge on any atom is -0.507 e. The first-order valence-electron chi connectivity index (χ1n) is 7.84. The van der Waals surface area contributed by atoms with Crippen molar-refractivity contribution in [2.24, 2.45) is 10.3 Å². The van der Waals surface area contributed by atoms with Crippen molar-refractivity contribution >= 4 is 35.6 Å². The molecule has 6 nitrogen and oxygen atoms in total. The zero-order chi connectivity index (χ0) is 18.8. The molecule has 2 aromatic rings. The number of halogens is 2. The molecule has 2 N–H and O–H groups in total. The number of hydrogen-bond donors (Lipinski definition) is 2. The van der Waals surface area contributed by atoms with E-state index in [1.54, 1.807) is 24.3 Å². The van der Waals surface area contributed by atoms with E-state index >= 15 is 0 Å². The van der Waals surface area contributed by atoms with E-state index in [1.807, 2.05) is 0 Å². The lowest BCUT2D eigenvalue weighted by Crippen LogP contribution is -1.94. The Balaban J connectivity index is 1.59. The molecule has 0 aliphatic carbocycles. The quantitative estimate of drug-likeness (QED) is 0.368. The second kappa shape index (κ2) is 10.5. The van der Waals surface area contributed by atoms with E-state index in [1.165, 1.54) is 24.6 Å². The van der Waals surface area contributed by atoms with Crippen molar-refractivity contribution in [3.8, 4) is 11.5 Å². The fourth-order valence-electron chi connectivity index (χ4n) is 1.88. The van der Waals surface area contributed by atoms with Crippen LogP contribution in [0.2, 0.25) is 10.0 Å². The van der Waals surface area contributed by atoms with Crippen molar-refractivity contribution in [1.82, 2.24) is 0 Å². The van der Waals surface area contributed by atoms with Gasteiger partial charge in [0.25, 0.3) is 0 Å². The van der Waals surface area contributed by atoms with Crippen molar-refractivity contribution in [2.75, 3.05) is 13.2 Å². The summed E-state index contributed by atoms with van der Waals surface area (Å²) in [6.07, 6.45) is 4.24. The van der Waals surface area contributed by atoms with Crippen LogP contribution in [0.4, 0.5) is 0 Å². The van der Waals surface area contributed by atoms with Crippen LogP contribution < -0.4 is 0 Å². The lowest BCUT2D eigenvalue weighted by molar-refractivity contribution is 0.112. The van der Waals surface area contributed by atoms with Gasteiger partial charge in [-0.25, -0.2) is 0 Å². The number of rotatable bonds is 9. The van der Waals surface area contributed by atoms with Crippen molar-refractivity contribution < 1.29 is 19.9 Å². The van der Waals surface area contributed by atoms with E-state index in [0.29, 0.717) is 34.4 Å². The maximum absolute atomic E-state index is 9.61. The van der Waals surface area contributed by atoms with Crippen LogP contribution in [-0.2, 0) is 9.68 Å². The summed E-state index contributed by atoms with van der Waals surface area (Å²) >= 11 is 11.7. The molecule has 0 aromatic heterocycles. The Morgan fingerprint density at radius 2 is 1.19 bits per heavy atom. The number of aromatic hydroxyl groups is 2. The van der Waals surface area contributed by atoms with Crippen LogP contribution in [0, 0.1) is 0 Å². The first kappa shape index (κ1) is 19.9. The molecule has 2 rings (SSSR count). The van der Waals surface area contributed by atoms with Gasteiger partial charge >= 0.3 is 0 Å². The van der Waals surface area contributed by atoms with Gasteiger partial charge in [-0.15, -0.1) is 0 Å². The van der Waals surface area contributed by atoms with Gasteiger partial charge in [0, 0.05) is 21.2 Å². The Morgan fingerprint density at radius 1 is 0.769 bits per heavy atom. The highest BCUT2D eigenvalue weighted by Crippen LogP contribution is 2.20. The Labute approximate surface area is 161 Å². The third-order valence-corrected chi connectivity index (χ3v) is 3.70. The van der Waals surface area contributed by atoms with Gasteiger partial charge < -0.3 is 19.9 Å². The van der Waals surface area contributed by atoms with Crippen LogP contribution in [-0.4, -0.2) is 35.9 Å². The SMILES string of the molecule is Oc1ccc(Cl)cc1C=NOCCCCON=Cc1cc(Cl)ccc1O. The third-order valence-electron chi connectivity index (χ3n) is 3.23. The summed E-state index contributed by atoms with van der Waals surface area (Å²) in [5, 5.41) is 27.8. The maximum Gasteiger partial charge on any atom is 0.124 e. The van der Waals surface area contributed by atoms with E-state index in [-0.39, 0.29) is 11.5 Å². The molecule has 0 aliphatic rings. The summed E-state index contributed by atoms with van der Waals surface area (Å²) in [7, 11) is 0. The summed E-state index contributed by atoms with van der Waals surface area (Å²) in [6, 6.07) is 9.34. The Morgan fingerprint density at radius 3 is 1.62 bits per heavy atom. The molecule has 0 bridgehead atoms. The highest BCUT2D eigenvalue weighted by Gasteiger charge is 2.00.